The minimum absolute atomic E-state index is 0.0169. The van der Waals surface area contributed by atoms with E-state index < -0.39 is 11.0 Å². The number of aliphatic hydroxyl groups is 1. The van der Waals surface area contributed by atoms with Gasteiger partial charge in [-0.2, -0.15) is 0 Å². The van der Waals surface area contributed by atoms with Crippen molar-refractivity contribution in [2.24, 2.45) is 0 Å². The third kappa shape index (κ3) is 6.17. The molecule has 0 aliphatic rings. The first-order valence-electron chi connectivity index (χ1n) is 8.31. The molecular formula is C19H24N2O4. The normalized spacial score (nSPS) is 12.2. The first-order valence-corrected chi connectivity index (χ1v) is 8.31. The average Bonchev–Trinajstić information content (AvgIpc) is 2.59. The van der Waals surface area contributed by atoms with Crippen LogP contribution in [0.1, 0.15) is 18.1 Å². The Morgan fingerprint density at radius 3 is 2.56 bits per heavy atom. The van der Waals surface area contributed by atoms with Crippen molar-refractivity contribution in [2.45, 2.75) is 26.5 Å². The van der Waals surface area contributed by atoms with Gasteiger partial charge in [-0.15, -0.1) is 0 Å². The highest BCUT2D eigenvalue weighted by molar-refractivity contribution is 5.35. The Hall–Kier alpha value is -2.44. The fourth-order valence-electron chi connectivity index (χ4n) is 2.58. The van der Waals surface area contributed by atoms with Crippen LogP contribution >= 0.6 is 0 Å². The zero-order chi connectivity index (χ0) is 18.2. The van der Waals surface area contributed by atoms with E-state index in [9.17, 15) is 15.2 Å². The molecule has 6 nitrogen and oxygen atoms in total. The number of hydrogen-bond donors (Lipinski definition) is 1. The van der Waals surface area contributed by atoms with Crippen molar-refractivity contribution in [1.29, 1.82) is 0 Å². The van der Waals surface area contributed by atoms with Gasteiger partial charge in [0.25, 0.3) is 5.69 Å². The van der Waals surface area contributed by atoms with E-state index in [1.54, 1.807) is 0 Å². The third-order valence-corrected chi connectivity index (χ3v) is 3.89. The molecular weight excluding hydrogens is 320 g/mol. The topological polar surface area (TPSA) is 75.8 Å². The molecule has 0 fully saturated rings. The molecule has 0 saturated heterocycles. The predicted octanol–water partition coefficient (Wildman–Crippen LogP) is 3.17. The molecule has 2 aromatic carbocycles. The number of hydrogen-bond acceptors (Lipinski definition) is 5. The second-order valence-electron chi connectivity index (χ2n) is 6.03. The van der Waals surface area contributed by atoms with Crippen molar-refractivity contribution in [3.05, 3.63) is 69.8 Å². The number of nitro benzene ring substituents is 1. The molecule has 0 radical (unpaired) electrons. The molecule has 1 N–H and O–H groups in total. The molecule has 0 spiro atoms. The molecule has 2 rings (SSSR count). The number of non-ortho nitro benzene ring substituents is 1. The van der Waals surface area contributed by atoms with Crippen molar-refractivity contribution in [3.63, 3.8) is 0 Å². The van der Waals surface area contributed by atoms with E-state index in [1.165, 1.54) is 35.4 Å². The molecule has 0 bridgehead atoms. The number of likely N-dealkylation sites (N-methyl/N-ethyl adjacent to an activating group) is 1. The van der Waals surface area contributed by atoms with E-state index in [4.69, 9.17) is 4.74 Å². The second kappa shape index (κ2) is 9.15. The van der Waals surface area contributed by atoms with Gasteiger partial charge >= 0.3 is 0 Å². The summed E-state index contributed by atoms with van der Waals surface area (Å²) in [6.45, 7) is 6.35. The Labute approximate surface area is 147 Å². The number of benzene rings is 2. The van der Waals surface area contributed by atoms with Crippen LogP contribution in [0.2, 0.25) is 0 Å². The first-order chi connectivity index (χ1) is 12.0. The Kier molecular flexibility index (Phi) is 6.91. The Morgan fingerprint density at radius 2 is 1.96 bits per heavy atom. The van der Waals surface area contributed by atoms with Gasteiger partial charge in [0.2, 0.25) is 0 Å². The minimum atomic E-state index is -0.639. The third-order valence-electron chi connectivity index (χ3n) is 3.89. The van der Waals surface area contributed by atoms with Gasteiger partial charge in [0.05, 0.1) is 4.92 Å². The maximum Gasteiger partial charge on any atom is 0.269 e. The highest BCUT2D eigenvalue weighted by atomic mass is 16.6. The zero-order valence-electron chi connectivity index (χ0n) is 14.6. The van der Waals surface area contributed by atoms with Crippen molar-refractivity contribution >= 4 is 5.69 Å². The van der Waals surface area contributed by atoms with E-state index in [1.807, 2.05) is 6.07 Å². The van der Waals surface area contributed by atoms with Gasteiger partial charge in [0.1, 0.15) is 18.5 Å². The van der Waals surface area contributed by atoms with Gasteiger partial charge in [0.15, 0.2) is 0 Å². The summed E-state index contributed by atoms with van der Waals surface area (Å²) in [5, 5.41) is 20.8. The van der Waals surface area contributed by atoms with E-state index in [0.717, 1.165) is 13.1 Å². The highest BCUT2D eigenvalue weighted by Gasteiger charge is 2.12. The number of nitrogens with zero attached hydrogens (tertiary/aromatic N) is 2. The molecule has 0 aliphatic carbocycles. The molecule has 0 heterocycles. The van der Waals surface area contributed by atoms with E-state index in [-0.39, 0.29) is 12.3 Å². The molecule has 0 amide bonds. The van der Waals surface area contributed by atoms with Crippen molar-refractivity contribution in [1.82, 2.24) is 4.90 Å². The molecule has 0 aliphatic heterocycles. The van der Waals surface area contributed by atoms with Crippen molar-refractivity contribution < 1.29 is 14.8 Å². The van der Waals surface area contributed by atoms with Gasteiger partial charge in [-0.05, 0) is 31.2 Å². The molecule has 0 saturated carbocycles. The van der Waals surface area contributed by atoms with Crippen LogP contribution in [-0.2, 0) is 6.54 Å². The summed E-state index contributed by atoms with van der Waals surface area (Å²) in [5.74, 6) is 0.506. The lowest BCUT2D eigenvalue weighted by Crippen LogP contribution is -2.35. The molecule has 134 valence electrons. The summed E-state index contributed by atoms with van der Waals surface area (Å²) in [5.41, 5.74) is 2.45. The molecule has 2 aromatic rings. The van der Waals surface area contributed by atoms with Gasteiger partial charge in [-0.25, -0.2) is 0 Å². The second-order valence-corrected chi connectivity index (χ2v) is 6.03. The average molecular weight is 344 g/mol. The van der Waals surface area contributed by atoms with Gasteiger partial charge in [-0.3, -0.25) is 15.0 Å². The predicted molar refractivity (Wildman–Crippen MR) is 96.7 cm³/mol. The van der Waals surface area contributed by atoms with Gasteiger partial charge in [-0.1, -0.05) is 36.8 Å². The van der Waals surface area contributed by atoms with Crippen LogP contribution in [0, 0.1) is 17.0 Å². The molecule has 6 heteroatoms. The summed E-state index contributed by atoms with van der Waals surface area (Å²) in [6, 6.07) is 14.2. The zero-order valence-corrected chi connectivity index (χ0v) is 14.6. The van der Waals surface area contributed by atoms with Crippen LogP contribution in [0.25, 0.3) is 0 Å². The largest absolute Gasteiger partial charge is 0.491 e. The van der Waals surface area contributed by atoms with E-state index in [0.29, 0.717) is 12.3 Å². The summed E-state index contributed by atoms with van der Waals surface area (Å²) in [4.78, 5) is 12.3. The summed E-state index contributed by atoms with van der Waals surface area (Å²) in [6.07, 6.45) is -0.639. The summed E-state index contributed by atoms with van der Waals surface area (Å²) < 4.78 is 5.52. The molecule has 0 aromatic heterocycles. The molecule has 25 heavy (non-hydrogen) atoms. The van der Waals surface area contributed by atoms with Crippen molar-refractivity contribution in [2.75, 3.05) is 19.7 Å². The maximum absolute atomic E-state index is 10.6. The fourth-order valence-corrected chi connectivity index (χ4v) is 2.58. The van der Waals surface area contributed by atoms with Crippen molar-refractivity contribution in [3.8, 4) is 5.75 Å². The van der Waals surface area contributed by atoms with E-state index >= 15 is 0 Å². The van der Waals surface area contributed by atoms with Crippen LogP contribution in [0.4, 0.5) is 5.69 Å². The SMILES string of the molecule is CCN(Cc1cccc(C)c1)CC(O)COc1ccc([N+](=O)[O-])cc1. The standard InChI is InChI=1S/C19H24N2O4/c1-3-20(12-16-6-4-5-15(2)11-16)13-18(22)14-25-19-9-7-17(8-10-19)21(23)24/h4-11,18,22H,3,12-14H2,1-2H3. The molecule has 1 unspecified atom stereocenters. The Bertz CT molecular complexity index is 688. The van der Waals surface area contributed by atoms with Crippen LogP contribution in [0.5, 0.6) is 5.75 Å². The van der Waals surface area contributed by atoms with Gasteiger partial charge in [0, 0.05) is 25.2 Å². The molecule has 1 atom stereocenters. The quantitative estimate of drug-likeness (QED) is 0.558. The van der Waals surface area contributed by atoms with Crippen LogP contribution in [-0.4, -0.2) is 40.7 Å². The monoisotopic (exact) mass is 344 g/mol. The lowest BCUT2D eigenvalue weighted by molar-refractivity contribution is -0.384. The lowest BCUT2D eigenvalue weighted by Gasteiger charge is -2.24. The lowest BCUT2D eigenvalue weighted by atomic mass is 10.1. The Balaban J connectivity index is 1.83. The van der Waals surface area contributed by atoms with E-state index in [2.05, 4.69) is 36.9 Å². The Morgan fingerprint density at radius 1 is 1.24 bits per heavy atom. The highest BCUT2D eigenvalue weighted by Crippen LogP contribution is 2.17. The minimum Gasteiger partial charge on any atom is -0.491 e. The number of nitro groups is 1. The van der Waals surface area contributed by atoms with Crippen LogP contribution < -0.4 is 4.74 Å². The first kappa shape index (κ1) is 18.9. The van der Waals surface area contributed by atoms with Crippen LogP contribution in [0.15, 0.2) is 48.5 Å². The number of aliphatic hydroxyl groups excluding tert-OH is 1. The van der Waals surface area contributed by atoms with Gasteiger partial charge < -0.3 is 9.84 Å². The summed E-state index contributed by atoms with van der Waals surface area (Å²) >= 11 is 0. The van der Waals surface area contributed by atoms with Crippen LogP contribution in [0.3, 0.4) is 0 Å². The number of aryl methyl sites for hydroxylation is 1. The maximum atomic E-state index is 10.6. The summed E-state index contributed by atoms with van der Waals surface area (Å²) in [7, 11) is 0. The number of ether oxygens (including phenoxy) is 1. The number of rotatable bonds is 9. The smallest absolute Gasteiger partial charge is 0.269 e. The fraction of sp³-hybridized carbons (Fsp3) is 0.368.